The van der Waals surface area contributed by atoms with Gasteiger partial charge in [0.05, 0.1) is 15.6 Å². The van der Waals surface area contributed by atoms with Crippen LogP contribution in [0, 0.1) is 5.82 Å². The molecular weight excluding hydrogens is 333 g/mol. The van der Waals surface area contributed by atoms with E-state index < -0.39 is 27.3 Å². The lowest BCUT2D eigenvalue weighted by Crippen LogP contribution is -2.32. The molecule has 1 amide bonds. The molecule has 2 aromatic rings. The lowest BCUT2D eigenvalue weighted by molar-refractivity contribution is 0.0950. The summed E-state index contributed by atoms with van der Waals surface area (Å²) in [5, 5.41) is -0.332. The van der Waals surface area contributed by atoms with Crippen LogP contribution in [-0.2, 0) is 10.0 Å². The molecule has 0 saturated heterocycles. The third-order valence-electron chi connectivity index (χ3n) is 2.75. The first-order chi connectivity index (χ1) is 10.4. The zero-order chi connectivity index (χ0) is 16.3. The van der Waals surface area contributed by atoms with Crippen molar-refractivity contribution in [3.8, 4) is 0 Å². The second-order valence-corrected chi connectivity index (χ2v) is 6.27. The number of carbonyl (C=O) groups excluding carboxylic acids is 1. The van der Waals surface area contributed by atoms with Crippen molar-refractivity contribution in [2.24, 2.45) is 5.84 Å². The van der Waals surface area contributed by atoms with Crippen LogP contribution in [0.4, 0.5) is 10.1 Å². The highest BCUT2D eigenvalue weighted by Gasteiger charge is 2.23. The number of nitrogens with two attached hydrogens (primary N) is 1. The summed E-state index contributed by atoms with van der Waals surface area (Å²) in [6, 6.07) is 9.74. The lowest BCUT2D eigenvalue weighted by Gasteiger charge is -2.13. The fourth-order valence-electron chi connectivity index (χ4n) is 1.73. The highest BCUT2D eigenvalue weighted by atomic mass is 35.5. The first-order valence-corrected chi connectivity index (χ1v) is 7.79. The molecule has 0 aliphatic heterocycles. The van der Waals surface area contributed by atoms with Crippen molar-refractivity contribution in [2.75, 3.05) is 4.72 Å². The van der Waals surface area contributed by atoms with Crippen LogP contribution in [0.25, 0.3) is 0 Å². The minimum Gasteiger partial charge on any atom is -0.290 e. The number of sulfonamides is 1. The molecule has 116 valence electrons. The summed E-state index contributed by atoms with van der Waals surface area (Å²) in [5.41, 5.74) is 0.885. The molecular formula is C13H11ClFN3O3S. The Bertz CT molecular complexity index is 813. The fraction of sp³-hybridized carbons (Fsp3) is 0. The van der Waals surface area contributed by atoms with Gasteiger partial charge < -0.3 is 0 Å². The summed E-state index contributed by atoms with van der Waals surface area (Å²) < 4.78 is 40.6. The van der Waals surface area contributed by atoms with E-state index in [1.165, 1.54) is 30.3 Å². The molecule has 0 aliphatic carbocycles. The number of anilines is 1. The monoisotopic (exact) mass is 343 g/mol. The van der Waals surface area contributed by atoms with E-state index in [9.17, 15) is 17.6 Å². The fourth-order valence-corrected chi connectivity index (χ4v) is 2.98. The number of amides is 1. The largest absolute Gasteiger partial charge is 0.290 e. The number of nitrogens with one attached hydrogen (secondary N) is 2. The predicted molar refractivity (Wildman–Crippen MR) is 80.3 cm³/mol. The van der Waals surface area contributed by atoms with Gasteiger partial charge in [-0.3, -0.25) is 14.9 Å². The maximum Gasteiger partial charge on any atom is 0.270 e. The predicted octanol–water partition coefficient (Wildman–Crippen LogP) is 1.88. The van der Waals surface area contributed by atoms with Crippen LogP contribution >= 0.6 is 11.6 Å². The third kappa shape index (κ3) is 3.19. The first kappa shape index (κ1) is 16.2. The van der Waals surface area contributed by atoms with E-state index >= 15 is 0 Å². The highest BCUT2D eigenvalue weighted by molar-refractivity contribution is 7.92. The first-order valence-electron chi connectivity index (χ1n) is 5.93. The Morgan fingerprint density at radius 2 is 1.77 bits per heavy atom. The minimum absolute atomic E-state index is 0.0375. The number of hydrazine groups is 1. The van der Waals surface area contributed by atoms with Gasteiger partial charge in [-0.25, -0.2) is 18.7 Å². The second kappa shape index (κ2) is 6.30. The van der Waals surface area contributed by atoms with Crippen molar-refractivity contribution in [2.45, 2.75) is 4.90 Å². The average molecular weight is 344 g/mol. The van der Waals surface area contributed by atoms with E-state index in [2.05, 4.69) is 4.72 Å². The van der Waals surface area contributed by atoms with Gasteiger partial charge in [0.25, 0.3) is 15.9 Å². The van der Waals surface area contributed by atoms with E-state index in [0.29, 0.717) is 0 Å². The molecule has 9 heteroatoms. The average Bonchev–Trinajstić information content (AvgIpc) is 2.51. The summed E-state index contributed by atoms with van der Waals surface area (Å²) >= 11 is 5.60. The molecule has 0 aliphatic rings. The Morgan fingerprint density at radius 1 is 1.14 bits per heavy atom. The summed E-state index contributed by atoms with van der Waals surface area (Å²) in [5.74, 6) is 2.90. The quantitative estimate of drug-likeness (QED) is 0.448. The number of halogens is 2. The van der Waals surface area contributed by atoms with Crippen LogP contribution in [0.5, 0.6) is 0 Å². The zero-order valence-corrected chi connectivity index (χ0v) is 12.6. The van der Waals surface area contributed by atoms with Crippen LogP contribution < -0.4 is 16.0 Å². The maximum absolute atomic E-state index is 14.0. The van der Waals surface area contributed by atoms with Crippen LogP contribution in [0.2, 0.25) is 5.02 Å². The Balaban J connectivity index is 2.51. The smallest absolute Gasteiger partial charge is 0.270 e. The zero-order valence-electron chi connectivity index (χ0n) is 11.0. The van der Waals surface area contributed by atoms with Gasteiger partial charge in [-0.05, 0) is 24.3 Å². The van der Waals surface area contributed by atoms with Crippen LogP contribution in [-0.4, -0.2) is 14.3 Å². The number of rotatable bonds is 4. The van der Waals surface area contributed by atoms with Gasteiger partial charge in [-0.1, -0.05) is 29.8 Å². The van der Waals surface area contributed by atoms with E-state index in [4.69, 9.17) is 17.4 Å². The Kier molecular flexibility index (Phi) is 4.65. The second-order valence-electron chi connectivity index (χ2n) is 4.18. The van der Waals surface area contributed by atoms with E-state index in [-0.39, 0.29) is 15.6 Å². The van der Waals surface area contributed by atoms with Crippen molar-refractivity contribution < 1.29 is 17.6 Å². The molecule has 4 N–H and O–H groups in total. The molecule has 22 heavy (non-hydrogen) atoms. The maximum atomic E-state index is 14.0. The molecule has 0 unspecified atom stereocenters. The van der Waals surface area contributed by atoms with Gasteiger partial charge in [-0.2, -0.15) is 0 Å². The van der Waals surface area contributed by atoms with Gasteiger partial charge in [0, 0.05) is 0 Å². The van der Waals surface area contributed by atoms with Gasteiger partial charge in [-0.15, -0.1) is 0 Å². The summed E-state index contributed by atoms with van der Waals surface area (Å²) in [7, 11) is -3.99. The van der Waals surface area contributed by atoms with Crippen molar-refractivity contribution in [3.63, 3.8) is 0 Å². The van der Waals surface area contributed by atoms with Crippen LogP contribution in [0.15, 0.2) is 47.4 Å². The molecule has 0 spiro atoms. The molecule has 2 aromatic carbocycles. The topological polar surface area (TPSA) is 101 Å². The molecule has 0 radical (unpaired) electrons. The molecule has 6 nitrogen and oxygen atoms in total. The van der Waals surface area contributed by atoms with Crippen LogP contribution in [0.1, 0.15) is 10.4 Å². The molecule has 0 aromatic heterocycles. The molecule has 0 bridgehead atoms. The number of hydrogen-bond donors (Lipinski definition) is 3. The van der Waals surface area contributed by atoms with Crippen molar-refractivity contribution in [1.82, 2.24) is 5.43 Å². The standard InChI is InChI=1S/C13H11ClFN3O3S/c14-9-6-7-10(11(12(9)15)13(19)17-16)18-22(20,21)8-4-2-1-3-5-8/h1-7,18H,16H2,(H,17,19). The van der Waals surface area contributed by atoms with Crippen molar-refractivity contribution in [1.29, 1.82) is 0 Å². The van der Waals surface area contributed by atoms with Gasteiger partial charge in [0.2, 0.25) is 0 Å². The van der Waals surface area contributed by atoms with E-state index in [1.807, 2.05) is 0 Å². The molecule has 0 saturated carbocycles. The lowest BCUT2D eigenvalue weighted by atomic mass is 10.1. The molecule has 0 atom stereocenters. The van der Waals surface area contributed by atoms with E-state index in [1.54, 1.807) is 11.5 Å². The Morgan fingerprint density at radius 3 is 2.36 bits per heavy atom. The van der Waals surface area contributed by atoms with Crippen molar-refractivity contribution in [3.05, 3.63) is 58.9 Å². The Labute approximate surface area is 131 Å². The highest BCUT2D eigenvalue weighted by Crippen LogP contribution is 2.27. The SMILES string of the molecule is NNC(=O)c1c(NS(=O)(=O)c2ccccc2)ccc(Cl)c1F. The number of carbonyl (C=O) groups is 1. The molecule has 0 heterocycles. The van der Waals surface area contributed by atoms with Gasteiger partial charge in [0.1, 0.15) is 5.56 Å². The van der Waals surface area contributed by atoms with Crippen molar-refractivity contribution >= 4 is 33.2 Å². The summed E-state index contributed by atoms with van der Waals surface area (Å²) in [4.78, 5) is 11.6. The molecule has 0 fully saturated rings. The van der Waals surface area contributed by atoms with Gasteiger partial charge >= 0.3 is 0 Å². The summed E-state index contributed by atoms with van der Waals surface area (Å²) in [6.07, 6.45) is 0. The number of hydrogen-bond acceptors (Lipinski definition) is 4. The Hall–Kier alpha value is -2.16. The number of nitrogen functional groups attached to an aromatic ring is 1. The normalized spacial score (nSPS) is 11.0. The molecule has 2 rings (SSSR count). The van der Waals surface area contributed by atoms with Crippen LogP contribution in [0.3, 0.4) is 0 Å². The van der Waals surface area contributed by atoms with E-state index in [0.717, 1.165) is 6.07 Å². The third-order valence-corrected chi connectivity index (χ3v) is 4.42. The minimum atomic E-state index is -3.99. The van der Waals surface area contributed by atoms with Gasteiger partial charge in [0.15, 0.2) is 5.82 Å². The number of benzene rings is 2. The summed E-state index contributed by atoms with van der Waals surface area (Å²) in [6.45, 7) is 0.